The van der Waals surface area contributed by atoms with Gasteiger partial charge in [0, 0.05) is 6.20 Å². The van der Waals surface area contributed by atoms with E-state index in [0.29, 0.717) is 0 Å². The van der Waals surface area contributed by atoms with Crippen molar-refractivity contribution in [2.24, 2.45) is 0 Å². The van der Waals surface area contributed by atoms with Crippen molar-refractivity contribution in [1.29, 1.82) is 0 Å². The highest BCUT2D eigenvalue weighted by Gasteiger charge is 2.17. The van der Waals surface area contributed by atoms with Gasteiger partial charge < -0.3 is 0 Å². The van der Waals surface area contributed by atoms with Crippen LogP contribution in [-0.2, 0) is 0 Å². The molecule has 2 heterocycles. The number of ketones is 1. The molecule has 0 fully saturated rings. The number of fused-ring (bicyclic) bond motifs is 1. The second-order valence-corrected chi connectivity index (χ2v) is 4.75. The van der Waals surface area contributed by atoms with E-state index in [0.717, 1.165) is 35.9 Å². The lowest BCUT2D eigenvalue weighted by atomic mass is 10.0. The van der Waals surface area contributed by atoms with E-state index in [2.05, 4.69) is 11.2 Å². The SMILES string of the molecule is O=C(C1=CCCCCC1)c1cnn2ccccc12. The molecule has 0 spiro atoms. The summed E-state index contributed by atoms with van der Waals surface area (Å²) in [7, 11) is 0. The molecule has 92 valence electrons. The molecule has 0 bridgehead atoms. The predicted octanol–water partition coefficient (Wildman–Crippen LogP) is 3.41. The lowest BCUT2D eigenvalue weighted by Crippen LogP contribution is -2.02. The van der Waals surface area contributed by atoms with E-state index in [1.165, 1.54) is 12.8 Å². The van der Waals surface area contributed by atoms with Gasteiger partial charge in [0.1, 0.15) is 0 Å². The molecule has 1 aliphatic rings. The Morgan fingerprint density at radius 3 is 3.11 bits per heavy atom. The maximum atomic E-state index is 12.5. The first-order valence-corrected chi connectivity index (χ1v) is 6.52. The van der Waals surface area contributed by atoms with E-state index < -0.39 is 0 Å². The molecular formula is C15H16N2O. The largest absolute Gasteiger partial charge is 0.289 e. The molecule has 0 amide bonds. The molecule has 0 aliphatic heterocycles. The molecule has 3 nitrogen and oxygen atoms in total. The van der Waals surface area contributed by atoms with Gasteiger partial charge in [0.05, 0.1) is 17.3 Å². The van der Waals surface area contributed by atoms with Gasteiger partial charge in [-0.15, -0.1) is 0 Å². The minimum atomic E-state index is 0.151. The van der Waals surface area contributed by atoms with Crippen LogP contribution in [0.3, 0.4) is 0 Å². The molecule has 0 N–H and O–H groups in total. The van der Waals surface area contributed by atoms with Crippen LogP contribution >= 0.6 is 0 Å². The standard InChI is InChI=1S/C15H16N2O/c18-15(12-7-3-1-2-4-8-12)13-11-16-17-10-6-5-9-14(13)17/h5-7,9-11H,1-4,8H2. The van der Waals surface area contributed by atoms with Gasteiger partial charge in [-0.1, -0.05) is 18.6 Å². The fourth-order valence-electron chi connectivity index (χ4n) is 2.50. The monoisotopic (exact) mass is 240 g/mol. The van der Waals surface area contributed by atoms with Crippen molar-refractivity contribution in [2.75, 3.05) is 0 Å². The van der Waals surface area contributed by atoms with E-state index in [-0.39, 0.29) is 5.78 Å². The van der Waals surface area contributed by atoms with Crippen LogP contribution in [0.1, 0.15) is 42.5 Å². The maximum absolute atomic E-state index is 12.5. The van der Waals surface area contributed by atoms with Crippen LogP contribution in [0.4, 0.5) is 0 Å². The van der Waals surface area contributed by atoms with Crippen LogP contribution in [-0.4, -0.2) is 15.4 Å². The molecule has 0 atom stereocenters. The fraction of sp³-hybridized carbons (Fsp3) is 0.333. The summed E-state index contributed by atoms with van der Waals surface area (Å²) in [6, 6.07) is 5.80. The zero-order valence-corrected chi connectivity index (χ0v) is 10.3. The average Bonchev–Trinajstić information content (AvgIpc) is 2.65. The summed E-state index contributed by atoms with van der Waals surface area (Å²) in [5.41, 5.74) is 2.59. The minimum Gasteiger partial charge on any atom is -0.289 e. The highest BCUT2D eigenvalue weighted by molar-refractivity contribution is 6.12. The molecule has 0 aromatic carbocycles. The lowest BCUT2D eigenvalue weighted by Gasteiger charge is -2.02. The zero-order chi connectivity index (χ0) is 12.4. The molecule has 18 heavy (non-hydrogen) atoms. The third-order valence-electron chi connectivity index (χ3n) is 3.50. The highest BCUT2D eigenvalue weighted by Crippen LogP contribution is 2.22. The Labute approximate surface area is 106 Å². The Balaban J connectivity index is 1.99. The summed E-state index contributed by atoms with van der Waals surface area (Å²) >= 11 is 0. The van der Waals surface area contributed by atoms with Crippen LogP contribution < -0.4 is 0 Å². The van der Waals surface area contributed by atoms with E-state index >= 15 is 0 Å². The Hall–Kier alpha value is -1.90. The number of rotatable bonds is 2. The smallest absolute Gasteiger partial charge is 0.192 e. The van der Waals surface area contributed by atoms with Gasteiger partial charge in [-0.3, -0.25) is 4.79 Å². The number of hydrogen-bond donors (Lipinski definition) is 0. The van der Waals surface area contributed by atoms with Gasteiger partial charge in [0.25, 0.3) is 0 Å². The van der Waals surface area contributed by atoms with E-state index in [4.69, 9.17) is 0 Å². The Morgan fingerprint density at radius 1 is 1.22 bits per heavy atom. The van der Waals surface area contributed by atoms with Gasteiger partial charge in [0.15, 0.2) is 5.78 Å². The fourth-order valence-corrected chi connectivity index (χ4v) is 2.50. The van der Waals surface area contributed by atoms with Crippen molar-refractivity contribution in [3.63, 3.8) is 0 Å². The molecule has 0 saturated carbocycles. The first-order chi connectivity index (χ1) is 8.86. The van der Waals surface area contributed by atoms with Crippen LogP contribution in [0.15, 0.2) is 42.2 Å². The molecule has 2 aromatic heterocycles. The van der Waals surface area contributed by atoms with Crippen molar-refractivity contribution in [3.05, 3.63) is 47.8 Å². The second kappa shape index (κ2) is 4.77. The Bertz CT molecular complexity index is 610. The molecule has 0 unspecified atom stereocenters. The normalized spacial score (nSPS) is 16.3. The number of aromatic nitrogens is 2. The highest BCUT2D eigenvalue weighted by atomic mass is 16.1. The van der Waals surface area contributed by atoms with Crippen molar-refractivity contribution in [3.8, 4) is 0 Å². The number of hydrogen-bond acceptors (Lipinski definition) is 2. The number of pyridine rings is 1. The molecular weight excluding hydrogens is 224 g/mol. The number of Topliss-reactive ketones (excluding diaryl/α,β-unsaturated/α-hetero) is 1. The summed E-state index contributed by atoms with van der Waals surface area (Å²) in [6.45, 7) is 0. The minimum absolute atomic E-state index is 0.151. The van der Waals surface area contributed by atoms with Crippen LogP contribution in [0.2, 0.25) is 0 Å². The van der Waals surface area contributed by atoms with Gasteiger partial charge in [0.2, 0.25) is 0 Å². The summed E-state index contributed by atoms with van der Waals surface area (Å²) in [6.07, 6.45) is 11.1. The first-order valence-electron chi connectivity index (χ1n) is 6.52. The third-order valence-corrected chi connectivity index (χ3v) is 3.50. The summed E-state index contributed by atoms with van der Waals surface area (Å²) < 4.78 is 1.75. The molecule has 2 aromatic rings. The number of nitrogens with zero attached hydrogens (tertiary/aromatic N) is 2. The quantitative estimate of drug-likeness (QED) is 0.754. The van der Waals surface area contributed by atoms with Gasteiger partial charge >= 0.3 is 0 Å². The van der Waals surface area contributed by atoms with E-state index in [1.54, 1.807) is 10.7 Å². The molecule has 1 aliphatic carbocycles. The molecule has 3 heteroatoms. The zero-order valence-electron chi connectivity index (χ0n) is 10.3. The van der Waals surface area contributed by atoms with Crippen LogP contribution in [0.25, 0.3) is 5.52 Å². The van der Waals surface area contributed by atoms with Crippen LogP contribution in [0, 0.1) is 0 Å². The summed E-state index contributed by atoms with van der Waals surface area (Å²) in [5, 5.41) is 4.23. The maximum Gasteiger partial charge on any atom is 0.192 e. The van der Waals surface area contributed by atoms with Crippen LogP contribution in [0.5, 0.6) is 0 Å². The van der Waals surface area contributed by atoms with Crippen molar-refractivity contribution >= 4 is 11.3 Å². The van der Waals surface area contributed by atoms with Crippen molar-refractivity contribution in [2.45, 2.75) is 32.1 Å². The Kier molecular flexibility index (Phi) is 2.97. The van der Waals surface area contributed by atoms with E-state index in [1.807, 2.05) is 24.4 Å². The topological polar surface area (TPSA) is 34.4 Å². The summed E-state index contributed by atoms with van der Waals surface area (Å²) in [5.74, 6) is 0.151. The molecule has 3 rings (SSSR count). The molecule has 0 radical (unpaired) electrons. The van der Waals surface area contributed by atoms with Crippen molar-refractivity contribution < 1.29 is 4.79 Å². The average molecular weight is 240 g/mol. The second-order valence-electron chi connectivity index (χ2n) is 4.75. The number of carbonyl (C=O) groups is 1. The third kappa shape index (κ3) is 1.96. The first kappa shape index (κ1) is 11.2. The van der Waals surface area contributed by atoms with Gasteiger partial charge in [-0.25, -0.2) is 4.52 Å². The molecule has 0 saturated heterocycles. The Morgan fingerprint density at radius 2 is 2.17 bits per heavy atom. The predicted molar refractivity (Wildman–Crippen MR) is 70.7 cm³/mol. The summed E-state index contributed by atoms with van der Waals surface area (Å²) in [4.78, 5) is 12.5. The van der Waals surface area contributed by atoms with Gasteiger partial charge in [-0.2, -0.15) is 5.10 Å². The van der Waals surface area contributed by atoms with E-state index in [9.17, 15) is 4.79 Å². The number of allylic oxidation sites excluding steroid dienone is 2. The van der Waals surface area contributed by atoms with Gasteiger partial charge in [-0.05, 0) is 43.4 Å². The number of carbonyl (C=O) groups excluding carboxylic acids is 1. The van der Waals surface area contributed by atoms with Crippen molar-refractivity contribution in [1.82, 2.24) is 9.61 Å². The lowest BCUT2D eigenvalue weighted by molar-refractivity contribution is 0.103.